The second kappa shape index (κ2) is 18.2. The van der Waals surface area contributed by atoms with Gasteiger partial charge in [0.25, 0.3) is 0 Å². The first-order valence-corrected chi connectivity index (χ1v) is 16.5. The number of carbonyl (C=O) groups excluding carboxylic acids is 8. The van der Waals surface area contributed by atoms with E-state index in [2.05, 4.69) is 16.0 Å². The number of benzene rings is 2. The minimum absolute atomic E-state index is 0.0596. The van der Waals surface area contributed by atoms with Crippen molar-refractivity contribution in [2.45, 2.75) is 52.7 Å². The van der Waals surface area contributed by atoms with Crippen molar-refractivity contribution in [1.82, 2.24) is 25.8 Å². The van der Waals surface area contributed by atoms with Crippen molar-refractivity contribution >= 4 is 54.0 Å². The van der Waals surface area contributed by atoms with E-state index < -0.39 is 77.8 Å². The zero-order chi connectivity index (χ0) is 39.5. The van der Waals surface area contributed by atoms with Gasteiger partial charge in [-0.3, -0.25) is 38.5 Å². The highest BCUT2D eigenvalue weighted by Gasteiger charge is 2.45. The summed E-state index contributed by atoms with van der Waals surface area (Å²) in [5, 5.41) is 17.6. The number of rotatable bonds is 16. The Balaban J connectivity index is 1.95. The quantitative estimate of drug-likeness (QED) is 0.0621. The van der Waals surface area contributed by atoms with E-state index in [4.69, 9.17) is 14.2 Å². The Morgan fingerprint density at radius 1 is 0.925 bits per heavy atom. The van der Waals surface area contributed by atoms with Crippen LogP contribution in [0.3, 0.4) is 0 Å². The fourth-order valence-corrected chi connectivity index (χ4v) is 5.68. The van der Waals surface area contributed by atoms with Gasteiger partial charge in [0.05, 0.1) is 18.1 Å². The number of carboxylic acid groups (broad SMARTS) is 1. The largest absolute Gasteiger partial charge is 0.481 e. The first-order chi connectivity index (χ1) is 25.1. The number of carbonyl (C=O) groups is 9. The molecule has 2 aromatic rings. The Hall–Kier alpha value is -6.33. The van der Waals surface area contributed by atoms with Crippen LogP contribution in [0, 0.1) is 11.8 Å². The van der Waals surface area contributed by atoms with Crippen LogP contribution < -0.4 is 25.4 Å². The summed E-state index contributed by atoms with van der Waals surface area (Å²) in [6.07, 6.45) is 0.145. The summed E-state index contributed by atoms with van der Waals surface area (Å²) in [5.41, 5.74) is -1.92. The van der Waals surface area contributed by atoms with Crippen molar-refractivity contribution in [2.24, 2.45) is 11.8 Å². The third-order valence-corrected chi connectivity index (χ3v) is 8.41. The van der Waals surface area contributed by atoms with Crippen LogP contribution in [0.15, 0.2) is 48.5 Å². The fourth-order valence-electron chi connectivity index (χ4n) is 5.68. The standard InChI is InChI=1S/C35H41N5O13/c1-6-24(32(47)48)25(18-51-33(49)23-13-14-26(52-20(3)42)27(17-23)53-21(4)43)35(5,36-19-41)38-29(44)28(22-11-9-8-10-12-22)37-34(50)40-16-15-39(7-2)30(45)31(40)46/h8-14,17,19,24-25,28H,6-7,15-16,18H2,1-5H3,(H,36,41)(H,37,50)(H,38,44)(H,47,48)/t24?,25-,28-,35?/m1/s1. The minimum Gasteiger partial charge on any atom is -0.481 e. The maximum absolute atomic E-state index is 14.1. The van der Waals surface area contributed by atoms with E-state index >= 15 is 0 Å². The lowest BCUT2D eigenvalue weighted by atomic mass is 9.80. The number of carboxylic acids is 1. The average molecular weight is 740 g/mol. The van der Waals surface area contributed by atoms with Gasteiger partial charge in [-0.05, 0) is 44.0 Å². The molecule has 18 nitrogen and oxygen atoms in total. The molecule has 0 aromatic heterocycles. The summed E-state index contributed by atoms with van der Waals surface area (Å²) >= 11 is 0. The van der Waals surface area contributed by atoms with E-state index in [1.807, 2.05) is 0 Å². The molecule has 0 bridgehead atoms. The summed E-state index contributed by atoms with van der Waals surface area (Å²) in [6, 6.07) is 8.67. The van der Waals surface area contributed by atoms with Crippen LogP contribution in [0.2, 0.25) is 0 Å². The normalized spacial score (nSPS) is 15.5. The second-order valence-corrected chi connectivity index (χ2v) is 12.0. The van der Waals surface area contributed by atoms with E-state index in [1.54, 1.807) is 25.1 Å². The fraction of sp³-hybridized carbons (Fsp3) is 0.400. The molecule has 18 heteroatoms. The Morgan fingerprint density at radius 3 is 2.13 bits per heavy atom. The van der Waals surface area contributed by atoms with Gasteiger partial charge in [-0.1, -0.05) is 37.3 Å². The molecule has 3 rings (SSSR count). The number of aliphatic carboxylic acids is 1. The summed E-state index contributed by atoms with van der Waals surface area (Å²) in [7, 11) is 0. The van der Waals surface area contributed by atoms with Crippen molar-refractivity contribution in [3.05, 3.63) is 59.7 Å². The first-order valence-electron chi connectivity index (χ1n) is 16.5. The van der Waals surface area contributed by atoms with Crippen LogP contribution in [0.25, 0.3) is 0 Å². The van der Waals surface area contributed by atoms with E-state index in [0.29, 0.717) is 4.90 Å². The molecule has 1 aliphatic rings. The maximum Gasteiger partial charge on any atom is 0.338 e. The third kappa shape index (κ3) is 10.4. The van der Waals surface area contributed by atoms with Crippen molar-refractivity contribution < 1.29 is 62.5 Å². The number of nitrogens with zero attached hydrogens (tertiary/aromatic N) is 2. The number of amides is 6. The van der Waals surface area contributed by atoms with Crippen LogP contribution in [0.5, 0.6) is 11.5 Å². The molecule has 1 fully saturated rings. The van der Waals surface area contributed by atoms with Gasteiger partial charge in [-0.15, -0.1) is 0 Å². The molecule has 1 heterocycles. The molecule has 4 atom stereocenters. The zero-order valence-corrected chi connectivity index (χ0v) is 29.7. The molecule has 0 saturated carbocycles. The molecule has 53 heavy (non-hydrogen) atoms. The number of hydrogen-bond acceptors (Lipinski definition) is 12. The predicted molar refractivity (Wildman–Crippen MR) is 182 cm³/mol. The van der Waals surface area contributed by atoms with Gasteiger partial charge in [0.1, 0.15) is 11.7 Å². The highest BCUT2D eigenvalue weighted by atomic mass is 16.6. The number of likely N-dealkylation sites (N-methyl/N-ethyl adjacent to an activating group) is 1. The number of imide groups is 1. The lowest BCUT2D eigenvalue weighted by molar-refractivity contribution is -0.153. The molecular weight excluding hydrogens is 698 g/mol. The SMILES string of the molecule is CCC(C(=O)O)[C@@H](COC(=O)c1ccc(OC(C)=O)c(OC(C)=O)c1)C(C)(NC=O)NC(=O)[C@H](NC(=O)N1CCN(CC)C(=O)C1=O)c1ccccc1. The molecule has 0 radical (unpaired) electrons. The second-order valence-electron chi connectivity index (χ2n) is 12.0. The van der Waals surface area contributed by atoms with Gasteiger partial charge in [0.2, 0.25) is 12.3 Å². The van der Waals surface area contributed by atoms with Crippen LogP contribution in [-0.4, -0.2) is 101 Å². The lowest BCUT2D eigenvalue weighted by Crippen LogP contribution is -2.66. The van der Waals surface area contributed by atoms with Gasteiger partial charge in [-0.2, -0.15) is 0 Å². The van der Waals surface area contributed by atoms with Gasteiger partial charge in [0.15, 0.2) is 11.5 Å². The molecule has 2 unspecified atom stereocenters. The molecule has 0 spiro atoms. The molecule has 6 amide bonds. The van der Waals surface area contributed by atoms with Crippen LogP contribution in [0.4, 0.5) is 4.79 Å². The molecule has 284 valence electrons. The maximum atomic E-state index is 14.1. The van der Waals surface area contributed by atoms with Crippen molar-refractivity contribution in [2.75, 3.05) is 26.2 Å². The highest BCUT2D eigenvalue weighted by Crippen LogP contribution is 2.31. The first kappa shape index (κ1) is 41.1. The predicted octanol–water partition coefficient (Wildman–Crippen LogP) is 1.14. The highest BCUT2D eigenvalue weighted by molar-refractivity contribution is 6.38. The molecule has 4 N–H and O–H groups in total. The Labute approximate surface area is 304 Å². The van der Waals surface area contributed by atoms with Crippen LogP contribution in [-0.2, 0) is 38.3 Å². The van der Waals surface area contributed by atoms with Crippen LogP contribution in [0.1, 0.15) is 63.0 Å². The average Bonchev–Trinajstić information content (AvgIpc) is 3.10. The lowest BCUT2D eigenvalue weighted by Gasteiger charge is -2.41. The van der Waals surface area contributed by atoms with Crippen LogP contribution >= 0.6 is 0 Å². The monoisotopic (exact) mass is 739 g/mol. The number of nitrogens with one attached hydrogen (secondary N) is 3. The third-order valence-electron chi connectivity index (χ3n) is 8.41. The minimum atomic E-state index is -1.96. The number of urea groups is 1. The van der Waals surface area contributed by atoms with E-state index in [9.17, 15) is 48.3 Å². The van der Waals surface area contributed by atoms with Gasteiger partial charge in [-0.25, -0.2) is 9.59 Å². The van der Waals surface area contributed by atoms with E-state index in [1.165, 1.54) is 43.0 Å². The number of piperazine rings is 1. The number of hydrogen-bond donors (Lipinski definition) is 4. The van der Waals surface area contributed by atoms with Gasteiger partial charge >= 0.3 is 41.7 Å². The Kier molecular flexibility index (Phi) is 14.1. The number of esters is 3. The smallest absolute Gasteiger partial charge is 0.338 e. The molecule has 1 saturated heterocycles. The van der Waals surface area contributed by atoms with Crippen molar-refractivity contribution in [3.63, 3.8) is 0 Å². The summed E-state index contributed by atoms with van der Waals surface area (Å²) in [6.45, 7) is 6.17. The van der Waals surface area contributed by atoms with Gasteiger partial charge < -0.3 is 40.2 Å². The molecule has 1 aliphatic heterocycles. The zero-order valence-electron chi connectivity index (χ0n) is 29.7. The van der Waals surface area contributed by atoms with E-state index in [-0.39, 0.29) is 55.1 Å². The summed E-state index contributed by atoms with van der Waals surface area (Å²) < 4.78 is 15.6. The van der Waals surface area contributed by atoms with Crippen molar-refractivity contribution in [1.29, 1.82) is 0 Å². The van der Waals surface area contributed by atoms with Gasteiger partial charge in [0, 0.05) is 39.4 Å². The molecule has 0 aliphatic carbocycles. The Bertz CT molecular complexity index is 1750. The molecule has 2 aromatic carbocycles. The molecular formula is C35H41N5O13. The number of ether oxygens (including phenoxy) is 3. The van der Waals surface area contributed by atoms with Crippen molar-refractivity contribution in [3.8, 4) is 11.5 Å². The Morgan fingerprint density at radius 2 is 1.57 bits per heavy atom. The summed E-state index contributed by atoms with van der Waals surface area (Å²) in [5.74, 6) is -9.98. The topological polar surface area (TPSA) is 244 Å². The summed E-state index contributed by atoms with van der Waals surface area (Å²) in [4.78, 5) is 115. The van der Waals surface area contributed by atoms with E-state index in [0.717, 1.165) is 19.9 Å².